The summed E-state index contributed by atoms with van der Waals surface area (Å²) in [5.74, 6) is 2.22. The van der Waals surface area contributed by atoms with Crippen molar-refractivity contribution in [2.45, 2.75) is 45.1 Å². The molecule has 0 aromatic carbocycles. The van der Waals surface area contributed by atoms with Gasteiger partial charge in [-0.1, -0.05) is 0 Å². The highest BCUT2D eigenvalue weighted by Crippen LogP contribution is 2.34. The molecule has 0 radical (unpaired) electrons. The smallest absolute Gasteiger partial charge is 0.0920 e. The van der Waals surface area contributed by atoms with Crippen LogP contribution in [-0.2, 0) is 0 Å². The highest BCUT2D eigenvalue weighted by atomic mass is 15.2. The van der Waals surface area contributed by atoms with Gasteiger partial charge in [-0.3, -0.25) is 10.3 Å². The molecule has 0 aliphatic heterocycles. The van der Waals surface area contributed by atoms with E-state index in [2.05, 4.69) is 11.8 Å². The molecule has 0 aromatic heterocycles. The zero-order valence-corrected chi connectivity index (χ0v) is 9.71. The van der Waals surface area contributed by atoms with Crippen molar-refractivity contribution in [3.05, 3.63) is 0 Å². The van der Waals surface area contributed by atoms with Crippen molar-refractivity contribution < 1.29 is 0 Å². The molecule has 2 aliphatic rings. The van der Waals surface area contributed by atoms with Crippen LogP contribution in [0.3, 0.4) is 0 Å². The summed E-state index contributed by atoms with van der Waals surface area (Å²) in [6.07, 6.45) is 6.38. The van der Waals surface area contributed by atoms with Crippen LogP contribution < -0.4 is 5.73 Å². The average Bonchev–Trinajstić information content (AvgIpc) is 2.95. The highest BCUT2D eigenvalue weighted by Gasteiger charge is 2.31. The minimum Gasteiger partial charge on any atom is -0.388 e. The summed E-state index contributed by atoms with van der Waals surface area (Å²) in [6, 6.07) is 0.462. The molecule has 2 saturated carbocycles. The molecule has 1 unspecified atom stereocenters. The molecule has 3 N–H and O–H groups in total. The van der Waals surface area contributed by atoms with Gasteiger partial charge in [0, 0.05) is 25.6 Å². The minimum absolute atomic E-state index is 0.332. The van der Waals surface area contributed by atoms with Crippen molar-refractivity contribution >= 4 is 5.84 Å². The molecule has 15 heavy (non-hydrogen) atoms. The summed E-state index contributed by atoms with van der Waals surface area (Å²) in [7, 11) is 0. The zero-order valence-electron chi connectivity index (χ0n) is 9.71. The van der Waals surface area contributed by atoms with Gasteiger partial charge in [0.15, 0.2) is 0 Å². The van der Waals surface area contributed by atoms with Gasteiger partial charge < -0.3 is 5.73 Å². The van der Waals surface area contributed by atoms with E-state index in [0.717, 1.165) is 18.3 Å². The summed E-state index contributed by atoms with van der Waals surface area (Å²) in [5, 5.41) is 7.37. The molecule has 86 valence electrons. The second kappa shape index (κ2) is 4.52. The maximum absolute atomic E-state index is 7.37. The minimum atomic E-state index is 0.332. The van der Waals surface area contributed by atoms with Gasteiger partial charge in [-0.05, 0) is 44.4 Å². The van der Waals surface area contributed by atoms with Crippen LogP contribution in [0.5, 0.6) is 0 Å². The standard InChI is InChI=1S/C12H23N3/c1-9(6-12(13)14)15(7-10-2-3-10)8-11-4-5-11/h9-11H,2-8H2,1H3,(H3,13,14). The fraction of sp³-hybridized carbons (Fsp3) is 0.917. The van der Waals surface area contributed by atoms with Gasteiger partial charge in [-0.2, -0.15) is 0 Å². The second-order valence-corrected chi connectivity index (χ2v) is 5.42. The zero-order chi connectivity index (χ0) is 10.8. The van der Waals surface area contributed by atoms with Crippen LogP contribution in [0.15, 0.2) is 0 Å². The molecule has 0 bridgehead atoms. The van der Waals surface area contributed by atoms with Gasteiger partial charge in [0.2, 0.25) is 0 Å². The fourth-order valence-corrected chi connectivity index (χ4v) is 2.15. The topological polar surface area (TPSA) is 53.1 Å². The molecular formula is C12H23N3. The van der Waals surface area contributed by atoms with Gasteiger partial charge in [0.05, 0.1) is 5.84 Å². The fourth-order valence-electron chi connectivity index (χ4n) is 2.15. The number of hydrogen-bond donors (Lipinski definition) is 2. The number of amidine groups is 1. The van der Waals surface area contributed by atoms with Crippen molar-refractivity contribution in [1.82, 2.24) is 4.90 Å². The van der Waals surface area contributed by atoms with Crippen LogP contribution in [0, 0.1) is 17.2 Å². The number of rotatable bonds is 7. The van der Waals surface area contributed by atoms with Crippen LogP contribution in [0.1, 0.15) is 39.0 Å². The third-order valence-corrected chi connectivity index (χ3v) is 3.52. The van der Waals surface area contributed by atoms with Crippen molar-refractivity contribution in [2.75, 3.05) is 13.1 Å². The molecule has 2 rings (SSSR count). The van der Waals surface area contributed by atoms with Crippen molar-refractivity contribution in [3.63, 3.8) is 0 Å². The van der Waals surface area contributed by atoms with Gasteiger partial charge >= 0.3 is 0 Å². The molecule has 1 atom stereocenters. The molecule has 2 aliphatic carbocycles. The number of nitrogens with zero attached hydrogens (tertiary/aromatic N) is 1. The maximum Gasteiger partial charge on any atom is 0.0920 e. The predicted octanol–water partition coefficient (Wildman–Crippen LogP) is 1.82. The Morgan fingerprint density at radius 1 is 1.27 bits per heavy atom. The van der Waals surface area contributed by atoms with Crippen molar-refractivity contribution in [2.24, 2.45) is 17.6 Å². The Hall–Kier alpha value is -0.570. The van der Waals surface area contributed by atoms with Gasteiger partial charge in [0.25, 0.3) is 0 Å². The Bertz CT molecular complexity index is 217. The number of nitrogens with two attached hydrogens (primary N) is 1. The summed E-state index contributed by atoms with van der Waals surface area (Å²) in [5.41, 5.74) is 5.48. The maximum atomic E-state index is 7.37. The van der Waals surface area contributed by atoms with E-state index in [-0.39, 0.29) is 0 Å². The lowest BCUT2D eigenvalue weighted by Gasteiger charge is -2.29. The lowest BCUT2D eigenvalue weighted by Crippen LogP contribution is -2.38. The number of hydrogen-bond acceptors (Lipinski definition) is 2. The predicted molar refractivity (Wildman–Crippen MR) is 63.0 cm³/mol. The average molecular weight is 209 g/mol. The number of nitrogens with one attached hydrogen (secondary N) is 1. The Kier molecular flexibility index (Phi) is 3.29. The quantitative estimate of drug-likeness (QED) is 0.496. The molecule has 0 amide bonds. The molecule has 0 heterocycles. The molecule has 3 nitrogen and oxygen atoms in total. The van der Waals surface area contributed by atoms with Crippen LogP contribution >= 0.6 is 0 Å². The summed E-state index contributed by atoms with van der Waals surface area (Å²) in [6.45, 7) is 4.70. The third-order valence-electron chi connectivity index (χ3n) is 3.52. The van der Waals surface area contributed by atoms with E-state index in [0.29, 0.717) is 11.9 Å². The van der Waals surface area contributed by atoms with E-state index in [1.165, 1.54) is 38.8 Å². The van der Waals surface area contributed by atoms with Crippen LogP contribution in [-0.4, -0.2) is 29.9 Å². The first-order chi connectivity index (χ1) is 7.15. The molecule has 3 heteroatoms. The largest absolute Gasteiger partial charge is 0.388 e. The Labute approximate surface area is 92.5 Å². The van der Waals surface area contributed by atoms with Gasteiger partial charge in [0.1, 0.15) is 0 Å². The molecule has 2 fully saturated rings. The van der Waals surface area contributed by atoms with E-state index in [4.69, 9.17) is 11.1 Å². The van der Waals surface area contributed by atoms with Crippen LogP contribution in [0.2, 0.25) is 0 Å². The Balaban J connectivity index is 1.80. The first-order valence-corrected chi connectivity index (χ1v) is 6.22. The summed E-state index contributed by atoms with van der Waals surface area (Å²) >= 11 is 0. The van der Waals surface area contributed by atoms with Crippen LogP contribution in [0.4, 0.5) is 0 Å². The third kappa shape index (κ3) is 3.82. The summed E-state index contributed by atoms with van der Waals surface area (Å²) in [4.78, 5) is 2.57. The Morgan fingerprint density at radius 3 is 2.07 bits per heavy atom. The van der Waals surface area contributed by atoms with E-state index < -0.39 is 0 Å². The second-order valence-electron chi connectivity index (χ2n) is 5.42. The van der Waals surface area contributed by atoms with Crippen LogP contribution in [0.25, 0.3) is 0 Å². The molecule has 0 aromatic rings. The van der Waals surface area contributed by atoms with E-state index in [1.807, 2.05) is 0 Å². The monoisotopic (exact) mass is 209 g/mol. The first-order valence-electron chi connectivity index (χ1n) is 6.22. The normalized spacial score (nSPS) is 23.1. The van der Waals surface area contributed by atoms with E-state index in [9.17, 15) is 0 Å². The Morgan fingerprint density at radius 2 is 1.73 bits per heavy atom. The van der Waals surface area contributed by atoms with Gasteiger partial charge in [-0.15, -0.1) is 0 Å². The lowest BCUT2D eigenvalue weighted by atomic mass is 10.1. The summed E-state index contributed by atoms with van der Waals surface area (Å²) < 4.78 is 0. The van der Waals surface area contributed by atoms with E-state index >= 15 is 0 Å². The molecule has 0 spiro atoms. The lowest BCUT2D eigenvalue weighted by molar-refractivity contribution is 0.195. The van der Waals surface area contributed by atoms with Crippen molar-refractivity contribution in [1.29, 1.82) is 5.41 Å². The van der Waals surface area contributed by atoms with E-state index in [1.54, 1.807) is 0 Å². The SMILES string of the molecule is CC(CC(=N)N)N(CC1CC1)CC1CC1. The first kappa shape index (κ1) is 10.9. The van der Waals surface area contributed by atoms with Gasteiger partial charge in [-0.25, -0.2) is 0 Å². The highest BCUT2D eigenvalue weighted by molar-refractivity contribution is 5.77. The van der Waals surface area contributed by atoms with Crippen molar-refractivity contribution in [3.8, 4) is 0 Å². The molecule has 0 saturated heterocycles. The molecular weight excluding hydrogens is 186 g/mol.